The van der Waals surface area contributed by atoms with Gasteiger partial charge in [-0.3, -0.25) is 0 Å². The second kappa shape index (κ2) is 7.35. The molecule has 1 rings (SSSR count). The number of nitrogens with zero attached hydrogens (tertiary/aromatic N) is 2. The lowest BCUT2D eigenvalue weighted by Gasteiger charge is -2.24. The van der Waals surface area contributed by atoms with E-state index in [0.717, 1.165) is 0 Å². The van der Waals surface area contributed by atoms with Gasteiger partial charge in [0.05, 0.1) is 30.1 Å². The molecule has 20 heavy (non-hydrogen) atoms. The molecular formula is C10H19BN2O5S2. The van der Waals surface area contributed by atoms with E-state index in [0.29, 0.717) is 10.1 Å². The molecule has 0 aromatic carbocycles. The predicted molar refractivity (Wildman–Crippen MR) is 80.8 cm³/mol. The topological polar surface area (TPSA) is 88.4 Å². The Morgan fingerprint density at radius 2 is 2.15 bits per heavy atom. The number of ether oxygens (including phenoxy) is 2. The molecule has 1 aliphatic heterocycles. The van der Waals surface area contributed by atoms with E-state index in [2.05, 4.69) is 17.7 Å². The highest BCUT2D eigenvalue weighted by molar-refractivity contribution is 7.90. The van der Waals surface area contributed by atoms with E-state index in [-0.39, 0.29) is 23.9 Å². The van der Waals surface area contributed by atoms with E-state index in [1.807, 2.05) is 13.8 Å². The number of hydrogen-bond donors (Lipinski definition) is 2. The molecular weight excluding hydrogens is 303 g/mol. The van der Waals surface area contributed by atoms with Gasteiger partial charge in [0, 0.05) is 0 Å². The van der Waals surface area contributed by atoms with Crippen LogP contribution in [0, 0.1) is 0 Å². The van der Waals surface area contributed by atoms with Gasteiger partial charge in [0.2, 0.25) is 10.0 Å². The molecule has 0 bridgehead atoms. The number of hydrazone groups is 1. The fourth-order valence-electron chi connectivity index (χ4n) is 1.43. The van der Waals surface area contributed by atoms with E-state index in [1.165, 1.54) is 12.2 Å². The number of hydrogen-bond acceptors (Lipinski definition) is 7. The van der Waals surface area contributed by atoms with Crippen molar-refractivity contribution < 1.29 is 22.9 Å². The van der Waals surface area contributed by atoms with Crippen LogP contribution in [-0.4, -0.2) is 54.9 Å². The average Bonchev–Trinajstić information content (AvgIpc) is 2.26. The molecule has 0 aromatic heterocycles. The van der Waals surface area contributed by atoms with Gasteiger partial charge in [-0.2, -0.15) is 5.10 Å². The quantitative estimate of drug-likeness (QED) is 0.398. The van der Waals surface area contributed by atoms with Crippen molar-refractivity contribution in [3.63, 3.8) is 0 Å². The SMILES string of the molecule is CC(C)OC1=CB(O)N(S(=O)(=O)CCOC(C)S)N=C1. The minimum Gasteiger partial charge on any atom is -0.490 e. The summed E-state index contributed by atoms with van der Waals surface area (Å²) in [6.45, 7) is 5.30. The second-order valence-corrected chi connectivity index (χ2v) is 7.13. The fraction of sp³-hybridized carbons (Fsp3) is 0.700. The van der Waals surface area contributed by atoms with Gasteiger partial charge in [-0.05, 0) is 26.7 Å². The van der Waals surface area contributed by atoms with E-state index in [9.17, 15) is 13.4 Å². The van der Waals surface area contributed by atoms with Gasteiger partial charge in [0.15, 0.2) is 0 Å². The molecule has 0 amide bonds. The van der Waals surface area contributed by atoms with Crippen molar-refractivity contribution >= 4 is 35.9 Å². The van der Waals surface area contributed by atoms with Crippen LogP contribution in [0.3, 0.4) is 0 Å². The van der Waals surface area contributed by atoms with Gasteiger partial charge < -0.3 is 14.5 Å². The highest BCUT2D eigenvalue weighted by atomic mass is 32.2. The average molecular weight is 322 g/mol. The highest BCUT2D eigenvalue weighted by Gasteiger charge is 2.33. The number of thiol groups is 1. The molecule has 7 nitrogen and oxygen atoms in total. The first kappa shape index (κ1) is 17.3. The standard InChI is InChI=1S/C10H19BN2O5S2/c1-8(2)18-10-6-11(14)13(12-7-10)20(15,16)5-4-17-9(3)19/h6-9,14,19H,4-5H2,1-3H3. The lowest BCUT2D eigenvalue weighted by Crippen LogP contribution is -2.43. The van der Waals surface area contributed by atoms with Crippen molar-refractivity contribution in [3.8, 4) is 0 Å². The number of allylic oxidation sites excluding steroid dienone is 1. The van der Waals surface area contributed by atoms with Crippen LogP contribution in [0.25, 0.3) is 0 Å². The second-order valence-electron chi connectivity index (χ2n) is 4.45. The van der Waals surface area contributed by atoms with Crippen LogP contribution in [0.15, 0.2) is 16.8 Å². The molecule has 114 valence electrons. The molecule has 1 N–H and O–H groups in total. The molecule has 0 saturated carbocycles. The van der Waals surface area contributed by atoms with Crippen LogP contribution >= 0.6 is 12.6 Å². The summed E-state index contributed by atoms with van der Waals surface area (Å²) < 4.78 is 35.0. The predicted octanol–water partition coefficient (Wildman–Crippen LogP) is 0.239. The highest BCUT2D eigenvalue weighted by Crippen LogP contribution is 2.13. The maximum Gasteiger partial charge on any atom is 0.479 e. The summed E-state index contributed by atoms with van der Waals surface area (Å²) in [6, 6.07) is 0. The third kappa shape index (κ3) is 5.35. The van der Waals surface area contributed by atoms with Crippen molar-refractivity contribution in [1.29, 1.82) is 0 Å². The van der Waals surface area contributed by atoms with Gasteiger partial charge in [-0.1, -0.05) is 0 Å². The Bertz CT molecular complexity index is 478. The summed E-state index contributed by atoms with van der Waals surface area (Å²) in [7, 11) is -5.14. The van der Waals surface area contributed by atoms with Crippen molar-refractivity contribution in [2.75, 3.05) is 12.4 Å². The Balaban J connectivity index is 2.65. The summed E-state index contributed by atoms with van der Waals surface area (Å²) in [5.74, 6) is 1.33. The normalized spacial score (nSPS) is 17.4. The van der Waals surface area contributed by atoms with E-state index < -0.39 is 17.1 Å². The van der Waals surface area contributed by atoms with Crippen LogP contribution < -0.4 is 0 Å². The fourth-order valence-corrected chi connectivity index (χ4v) is 2.61. The monoisotopic (exact) mass is 322 g/mol. The molecule has 0 fully saturated rings. The molecule has 0 aliphatic carbocycles. The zero-order chi connectivity index (χ0) is 15.3. The lowest BCUT2D eigenvalue weighted by atomic mass is 9.84. The van der Waals surface area contributed by atoms with Crippen LogP contribution in [0.2, 0.25) is 0 Å². The van der Waals surface area contributed by atoms with Gasteiger partial charge in [-0.15, -0.1) is 12.6 Å². The van der Waals surface area contributed by atoms with Crippen molar-refractivity contribution in [2.24, 2.45) is 5.10 Å². The van der Waals surface area contributed by atoms with E-state index >= 15 is 0 Å². The molecule has 0 radical (unpaired) electrons. The molecule has 1 unspecified atom stereocenters. The summed E-state index contributed by atoms with van der Waals surface area (Å²) in [5, 5.41) is 13.5. The van der Waals surface area contributed by atoms with Crippen LogP contribution in [0.4, 0.5) is 0 Å². The van der Waals surface area contributed by atoms with Gasteiger partial charge >= 0.3 is 7.05 Å². The van der Waals surface area contributed by atoms with Crippen molar-refractivity contribution in [1.82, 2.24) is 4.33 Å². The van der Waals surface area contributed by atoms with Gasteiger partial charge in [-0.25, -0.2) is 12.7 Å². The maximum absolute atomic E-state index is 12.0. The number of sulfonamides is 1. The Morgan fingerprint density at radius 3 is 2.65 bits per heavy atom. The minimum atomic E-state index is -3.75. The van der Waals surface area contributed by atoms with Crippen molar-refractivity contribution in [2.45, 2.75) is 32.3 Å². The molecule has 0 saturated heterocycles. The van der Waals surface area contributed by atoms with E-state index in [4.69, 9.17) is 9.47 Å². The zero-order valence-electron chi connectivity index (χ0n) is 11.6. The third-order valence-electron chi connectivity index (χ3n) is 2.20. The first-order valence-electron chi connectivity index (χ1n) is 6.14. The Hall–Kier alpha value is -0.705. The Labute approximate surface area is 125 Å². The molecule has 1 heterocycles. The Kier molecular flexibility index (Phi) is 6.37. The van der Waals surface area contributed by atoms with Crippen LogP contribution in [0.1, 0.15) is 20.8 Å². The zero-order valence-corrected chi connectivity index (χ0v) is 13.3. The van der Waals surface area contributed by atoms with E-state index in [1.54, 1.807) is 6.92 Å². The lowest BCUT2D eigenvalue weighted by molar-refractivity contribution is 0.139. The van der Waals surface area contributed by atoms with Gasteiger partial charge in [0.25, 0.3) is 0 Å². The summed E-state index contributed by atoms with van der Waals surface area (Å²) in [6.07, 6.45) is 1.17. The molecule has 0 spiro atoms. The maximum atomic E-state index is 12.0. The molecule has 0 aromatic rings. The summed E-state index contributed by atoms with van der Waals surface area (Å²) in [4.78, 5) is 0. The smallest absolute Gasteiger partial charge is 0.479 e. The minimum absolute atomic E-state index is 0.0230. The summed E-state index contributed by atoms with van der Waals surface area (Å²) >= 11 is 3.98. The first-order chi connectivity index (χ1) is 9.22. The molecule has 1 atom stereocenters. The molecule has 10 heteroatoms. The first-order valence-corrected chi connectivity index (χ1v) is 8.27. The number of rotatable bonds is 7. The van der Waals surface area contributed by atoms with Gasteiger partial charge in [0.1, 0.15) is 5.76 Å². The van der Waals surface area contributed by atoms with Crippen molar-refractivity contribution in [3.05, 3.63) is 11.7 Å². The van der Waals surface area contributed by atoms with Crippen LogP contribution in [0.5, 0.6) is 0 Å². The summed E-state index contributed by atoms with van der Waals surface area (Å²) in [5.41, 5.74) is -0.356. The Morgan fingerprint density at radius 1 is 1.50 bits per heavy atom. The molecule has 1 aliphatic rings. The third-order valence-corrected chi connectivity index (χ3v) is 3.91. The van der Waals surface area contributed by atoms with Crippen LogP contribution in [-0.2, 0) is 19.5 Å². The largest absolute Gasteiger partial charge is 0.490 e.